The van der Waals surface area contributed by atoms with E-state index in [1.807, 2.05) is 13.8 Å². The van der Waals surface area contributed by atoms with Crippen molar-refractivity contribution in [2.45, 2.75) is 32.4 Å². The van der Waals surface area contributed by atoms with Crippen molar-refractivity contribution in [1.82, 2.24) is 16.0 Å². The summed E-state index contributed by atoms with van der Waals surface area (Å²) in [7, 11) is 0. The molecule has 0 bridgehead atoms. The standard InChI is InChI=1S/C10H15N5O/c1-3-10(4-2)13-5-12-6-7(15-10)9(16)14-8(6)11/h5,15H,3-4H2,1-2H3,(H,12,13)(H2,11,14,16). The second-order valence-electron chi connectivity index (χ2n) is 3.85. The fourth-order valence-corrected chi connectivity index (χ4v) is 1.84. The molecule has 2 aliphatic heterocycles. The molecule has 0 spiro atoms. The number of nitrogens with zero attached hydrogens (tertiary/aromatic N) is 1. The number of carbonyl (C=O) groups is 1. The van der Waals surface area contributed by atoms with Gasteiger partial charge in [-0.3, -0.25) is 10.2 Å². The van der Waals surface area contributed by atoms with E-state index in [4.69, 9.17) is 5.41 Å². The predicted octanol–water partition coefficient (Wildman–Crippen LogP) is 0.0425. The zero-order valence-electron chi connectivity index (χ0n) is 9.35. The summed E-state index contributed by atoms with van der Waals surface area (Å²) in [6.07, 6.45) is 3.11. The SMILES string of the molecule is CCC1(CC)N=CNC2=C(N1)C(=O)NC2=N. The van der Waals surface area contributed by atoms with Gasteiger partial charge in [-0.25, -0.2) is 4.99 Å². The van der Waals surface area contributed by atoms with E-state index in [1.54, 1.807) is 6.34 Å². The van der Waals surface area contributed by atoms with E-state index in [0.717, 1.165) is 12.8 Å². The lowest BCUT2D eigenvalue weighted by Crippen LogP contribution is -2.43. The molecule has 0 aromatic carbocycles. The van der Waals surface area contributed by atoms with Gasteiger partial charge in [-0.15, -0.1) is 0 Å². The van der Waals surface area contributed by atoms with E-state index < -0.39 is 5.66 Å². The van der Waals surface area contributed by atoms with Crippen LogP contribution in [-0.2, 0) is 4.79 Å². The second kappa shape index (κ2) is 3.62. The molecule has 2 heterocycles. The fraction of sp³-hybridized carbons (Fsp3) is 0.500. The van der Waals surface area contributed by atoms with Crippen LogP contribution in [0, 0.1) is 5.41 Å². The van der Waals surface area contributed by atoms with Gasteiger partial charge in [-0.1, -0.05) is 13.8 Å². The Balaban J connectivity index is 2.39. The van der Waals surface area contributed by atoms with Gasteiger partial charge in [-0.2, -0.15) is 0 Å². The molecule has 6 nitrogen and oxygen atoms in total. The molecule has 0 saturated heterocycles. The largest absolute Gasteiger partial charge is 0.355 e. The average Bonchev–Trinajstić information content (AvgIpc) is 2.49. The van der Waals surface area contributed by atoms with Gasteiger partial charge >= 0.3 is 0 Å². The maximum atomic E-state index is 11.6. The number of rotatable bonds is 2. The molecule has 2 aliphatic rings. The molecule has 0 radical (unpaired) electrons. The van der Waals surface area contributed by atoms with Gasteiger partial charge in [0.15, 0.2) is 5.84 Å². The molecule has 0 atom stereocenters. The van der Waals surface area contributed by atoms with Crippen LogP contribution in [0.15, 0.2) is 16.4 Å². The van der Waals surface area contributed by atoms with E-state index in [1.165, 1.54) is 0 Å². The van der Waals surface area contributed by atoms with Gasteiger partial charge in [0.2, 0.25) is 0 Å². The summed E-state index contributed by atoms with van der Waals surface area (Å²) in [4.78, 5) is 16.0. The first kappa shape index (κ1) is 10.7. The van der Waals surface area contributed by atoms with Crippen LogP contribution in [-0.4, -0.2) is 23.7 Å². The van der Waals surface area contributed by atoms with Crippen LogP contribution in [0.25, 0.3) is 0 Å². The first-order valence-electron chi connectivity index (χ1n) is 5.35. The molecular formula is C10H15N5O. The monoisotopic (exact) mass is 221 g/mol. The molecule has 0 aromatic heterocycles. The minimum absolute atomic E-state index is 0.0851. The maximum absolute atomic E-state index is 11.6. The first-order valence-corrected chi connectivity index (χ1v) is 5.35. The third kappa shape index (κ3) is 1.46. The fourth-order valence-electron chi connectivity index (χ4n) is 1.84. The van der Waals surface area contributed by atoms with E-state index in [2.05, 4.69) is 20.9 Å². The Morgan fingerprint density at radius 3 is 2.69 bits per heavy atom. The molecule has 4 N–H and O–H groups in total. The van der Waals surface area contributed by atoms with Crippen molar-refractivity contribution in [3.63, 3.8) is 0 Å². The highest BCUT2D eigenvalue weighted by atomic mass is 16.2. The highest BCUT2D eigenvalue weighted by Crippen LogP contribution is 2.22. The molecule has 2 rings (SSSR count). The average molecular weight is 221 g/mol. The maximum Gasteiger partial charge on any atom is 0.275 e. The lowest BCUT2D eigenvalue weighted by atomic mass is 10.0. The van der Waals surface area contributed by atoms with E-state index in [0.29, 0.717) is 11.4 Å². The van der Waals surface area contributed by atoms with Gasteiger partial charge < -0.3 is 16.0 Å². The Bertz CT molecular complexity index is 405. The number of hydrogen-bond acceptors (Lipinski definition) is 5. The highest BCUT2D eigenvalue weighted by Gasteiger charge is 2.35. The van der Waals surface area contributed by atoms with Crippen molar-refractivity contribution in [3.8, 4) is 0 Å². The summed E-state index contributed by atoms with van der Waals surface area (Å²) in [6, 6.07) is 0. The van der Waals surface area contributed by atoms with Gasteiger partial charge in [0.1, 0.15) is 17.1 Å². The molecule has 1 amide bonds. The number of amides is 1. The number of nitrogens with one attached hydrogen (secondary N) is 4. The topological polar surface area (TPSA) is 89.4 Å². The number of aliphatic imine (C=N–C) groups is 1. The van der Waals surface area contributed by atoms with Crippen LogP contribution in [0.2, 0.25) is 0 Å². The molecule has 0 saturated carbocycles. The summed E-state index contributed by atoms with van der Waals surface area (Å²) in [5.74, 6) is -0.189. The van der Waals surface area contributed by atoms with Crippen molar-refractivity contribution in [2.75, 3.05) is 0 Å². The zero-order valence-corrected chi connectivity index (χ0v) is 9.35. The van der Waals surface area contributed by atoms with Crippen LogP contribution >= 0.6 is 0 Å². The van der Waals surface area contributed by atoms with E-state index in [9.17, 15) is 4.79 Å². The molecule has 16 heavy (non-hydrogen) atoms. The number of carbonyl (C=O) groups excluding carboxylic acids is 1. The van der Waals surface area contributed by atoms with Crippen LogP contribution in [0.1, 0.15) is 26.7 Å². The van der Waals surface area contributed by atoms with Gasteiger partial charge in [0.05, 0.1) is 6.34 Å². The Morgan fingerprint density at radius 2 is 2.06 bits per heavy atom. The first-order chi connectivity index (χ1) is 7.62. The van der Waals surface area contributed by atoms with E-state index in [-0.39, 0.29) is 11.7 Å². The van der Waals surface area contributed by atoms with Crippen molar-refractivity contribution >= 4 is 18.1 Å². The molecule has 86 valence electrons. The summed E-state index contributed by atoms with van der Waals surface area (Å²) in [6.45, 7) is 4.02. The molecule has 6 heteroatoms. The van der Waals surface area contributed by atoms with Crippen LogP contribution in [0.4, 0.5) is 0 Å². The van der Waals surface area contributed by atoms with E-state index >= 15 is 0 Å². The molecule has 0 unspecified atom stereocenters. The number of amidine groups is 1. The summed E-state index contributed by atoms with van der Waals surface area (Å²) >= 11 is 0. The van der Waals surface area contributed by atoms with Crippen molar-refractivity contribution in [3.05, 3.63) is 11.4 Å². The van der Waals surface area contributed by atoms with Crippen molar-refractivity contribution in [2.24, 2.45) is 4.99 Å². The molecule has 0 aromatic rings. The molecule has 0 fully saturated rings. The molecular weight excluding hydrogens is 206 g/mol. The summed E-state index contributed by atoms with van der Waals surface area (Å²) in [5, 5.41) is 16.0. The van der Waals surface area contributed by atoms with Crippen molar-refractivity contribution in [1.29, 1.82) is 5.41 Å². The molecule has 0 aliphatic carbocycles. The minimum Gasteiger partial charge on any atom is -0.355 e. The smallest absolute Gasteiger partial charge is 0.275 e. The Labute approximate surface area is 93.7 Å². The van der Waals surface area contributed by atoms with Crippen LogP contribution < -0.4 is 16.0 Å². The highest BCUT2D eigenvalue weighted by molar-refractivity contribution is 6.20. The van der Waals surface area contributed by atoms with Gasteiger partial charge in [-0.05, 0) is 12.8 Å². The van der Waals surface area contributed by atoms with Gasteiger partial charge in [0, 0.05) is 0 Å². The quantitative estimate of drug-likeness (QED) is 0.531. The summed E-state index contributed by atoms with van der Waals surface area (Å²) < 4.78 is 0. The predicted molar refractivity (Wildman–Crippen MR) is 61.0 cm³/mol. The lowest BCUT2D eigenvalue weighted by Gasteiger charge is -2.28. The van der Waals surface area contributed by atoms with Gasteiger partial charge in [0.25, 0.3) is 5.91 Å². The third-order valence-corrected chi connectivity index (χ3v) is 3.01. The normalized spacial score (nSPS) is 22.1. The lowest BCUT2D eigenvalue weighted by molar-refractivity contribution is -0.116. The second-order valence-corrected chi connectivity index (χ2v) is 3.85. The summed E-state index contributed by atoms with van der Waals surface area (Å²) in [5.41, 5.74) is 0.426. The van der Waals surface area contributed by atoms with Crippen LogP contribution in [0.5, 0.6) is 0 Å². The van der Waals surface area contributed by atoms with Crippen molar-refractivity contribution < 1.29 is 4.79 Å². The minimum atomic E-state index is -0.452. The Hall–Kier alpha value is -1.85. The Morgan fingerprint density at radius 1 is 1.38 bits per heavy atom. The Kier molecular flexibility index (Phi) is 2.41. The number of hydrogen-bond donors (Lipinski definition) is 4. The third-order valence-electron chi connectivity index (χ3n) is 3.01. The van der Waals surface area contributed by atoms with Crippen LogP contribution in [0.3, 0.4) is 0 Å². The zero-order chi connectivity index (χ0) is 11.8.